The Labute approximate surface area is 188 Å². The summed E-state index contributed by atoms with van der Waals surface area (Å²) in [5.74, 6) is 2.25. The molecule has 4 aliphatic rings. The van der Waals surface area contributed by atoms with Gasteiger partial charge in [0.25, 0.3) is 0 Å². The maximum atomic E-state index is 12.6. The molecule has 1 aromatic heterocycles. The quantitative estimate of drug-likeness (QED) is 0.592. The van der Waals surface area contributed by atoms with Crippen molar-refractivity contribution in [2.24, 2.45) is 17.8 Å². The molecule has 4 saturated carbocycles. The molecule has 32 heavy (non-hydrogen) atoms. The van der Waals surface area contributed by atoms with Gasteiger partial charge in [-0.1, -0.05) is 30.3 Å². The van der Waals surface area contributed by atoms with E-state index in [4.69, 9.17) is 0 Å². The fourth-order valence-corrected chi connectivity index (χ4v) is 6.54. The van der Waals surface area contributed by atoms with Gasteiger partial charge < -0.3 is 16.0 Å². The van der Waals surface area contributed by atoms with E-state index in [9.17, 15) is 9.59 Å². The Morgan fingerprint density at radius 3 is 2.38 bits per heavy atom. The Balaban J connectivity index is 1.10. The minimum atomic E-state index is -0.216. The summed E-state index contributed by atoms with van der Waals surface area (Å²) in [6.45, 7) is 0.810. The van der Waals surface area contributed by atoms with Crippen LogP contribution in [0.15, 0.2) is 43.0 Å². The highest BCUT2D eigenvalue weighted by Gasteiger charge is 2.51. The monoisotopic (exact) mass is 436 g/mol. The molecule has 1 aromatic carbocycles. The zero-order valence-electron chi connectivity index (χ0n) is 18.4. The first kappa shape index (κ1) is 21.0. The number of urea groups is 1. The summed E-state index contributed by atoms with van der Waals surface area (Å²) >= 11 is 0. The molecular weight excluding hydrogens is 404 g/mol. The summed E-state index contributed by atoms with van der Waals surface area (Å²) in [7, 11) is 0. The number of carbonyl (C=O) groups is 2. The lowest BCUT2D eigenvalue weighted by atomic mass is 9.53. The van der Waals surface area contributed by atoms with Crippen molar-refractivity contribution in [3.63, 3.8) is 0 Å². The number of carbonyl (C=O) groups excluding carboxylic acids is 2. The molecule has 4 bridgehead atoms. The van der Waals surface area contributed by atoms with Crippen molar-refractivity contribution in [3.05, 3.63) is 48.5 Å². The lowest BCUT2D eigenvalue weighted by molar-refractivity contribution is -0.121. The van der Waals surface area contributed by atoms with Crippen LogP contribution < -0.4 is 16.0 Å². The van der Waals surface area contributed by atoms with Crippen molar-refractivity contribution in [1.29, 1.82) is 0 Å². The molecule has 170 valence electrons. The number of rotatable bonds is 8. The van der Waals surface area contributed by atoms with Crippen molar-refractivity contribution in [2.45, 2.75) is 63.1 Å². The normalized spacial score (nSPS) is 28.8. The number of hydrogen-bond acceptors (Lipinski definition) is 4. The Kier molecular flexibility index (Phi) is 5.85. The number of hydrogen-bond donors (Lipinski definition) is 3. The Hall–Kier alpha value is -2.90. The third-order valence-corrected chi connectivity index (χ3v) is 7.43. The topological polar surface area (TPSA) is 101 Å². The first-order valence-electron chi connectivity index (χ1n) is 11.8. The number of nitrogens with zero attached hydrogens (tertiary/aromatic N) is 3. The molecular formula is C24H32N6O2. The second kappa shape index (κ2) is 8.92. The molecule has 2 aromatic rings. The van der Waals surface area contributed by atoms with Gasteiger partial charge in [0.1, 0.15) is 12.7 Å². The molecule has 8 nitrogen and oxygen atoms in total. The molecule has 1 atom stereocenters. The van der Waals surface area contributed by atoms with E-state index in [1.54, 1.807) is 11.0 Å². The number of aromatic nitrogens is 3. The van der Waals surface area contributed by atoms with Gasteiger partial charge in [-0.25, -0.2) is 9.78 Å². The number of nitrogens with one attached hydrogen (secondary N) is 3. The average Bonchev–Trinajstić information content (AvgIpc) is 3.26. The van der Waals surface area contributed by atoms with E-state index in [1.807, 2.05) is 30.3 Å². The van der Waals surface area contributed by atoms with Gasteiger partial charge in [-0.15, -0.1) is 0 Å². The summed E-state index contributed by atoms with van der Waals surface area (Å²) in [6.07, 6.45) is 10.7. The van der Waals surface area contributed by atoms with Crippen molar-refractivity contribution < 1.29 is 9.59 Å². The molecule has 6 rings (SSSR count). The molecule has 0 spiro atoms. The van der Waals surface area contributed by atoms with Crippen LogP contribution in [0.5, 0.6) is 0 Å². The fraction of sp³-hybridized carbons (Fsp3) is 0.583. The Morgan fingerprint density at radius 2 is 1.75 bits per heavy atom. The van der Waals surface area contributed by atoms with E-state index in [0.717, 1.165) is 42.6 Å². The highest BCUT2D eigenvalue weighted by Crippen LogP contribution is 2.55. The lowest BCUT2D eigenvalue weighted by Gasteiger charge is -2.56. The largest absolute Gasteiger partial charge is 0.347 e. The van der Waals surface area contributed by atoms with E-state index < -0.39 is 0 Å². The van der Waals surface area contributed by atoms with Gasteiger partial charge in [-0.3, -0.25) is 9.48 Å². The standard InChI is InChI=1S/C24H32N6O2/c31-22(28-21(14-30-16-25-15-27-30)20-4-2-1-3-5-20)6-7-26-23(32)29-24-11-17-8-18(12-24)10-19(9-17)13-24/h1-5,15-19,21H,6-14H2,(H,28,31)(H2,26,29,32). The molecule has 1 heterocycles. The van der Waals surface area contributed by atoms with Crippen molar-refractivity contribution in [2.75, 3.05) is 6.54 Å². The average molecular weight is 437 g/mol. The van der Waals surface area contributed by atoms with Crippen LogP contribution in [0.3, 0.4) is 0 Å². The zero-order chi connectivity index (χ0) is 22.0. The van der Waals surface area contributed by atoms with E-state index in [1.165, 1.54) is 25.6 Å². The predicted octanol–water partition coefficient (Wildman–Crippen LogP) is 2.79. The van der Waals surface area contributed by atoms with Crippen LogP contribution in [0.1, 0.15) is 56.6 Å². The van der Waals surface area contributed by atoms with Gasteiger partial charge in [-0.05, 0) is 61.8 Å². The molecule has 1 unspecified atom stereocenters. The van der Waals surface area contributed by atoms with Crippen LogP contribution in [0.2, 0.25) is 0 Å². The maximum Gasteiger partial charge on any atom is 0.315 e. The highest BCUT2D eigenvalue weighted by molar-refractivity contribution is 5.78. The minimum absolute atomic E-state index is 0.0166. The first-order valence-corrected chi connectivity index (χ1v) is 11.8. The second-order valence-electron chi connectivity index (χ2n) is 9.98. The molecule has 4 aliphatic carbocycles. The molecule has 3 N–H and O–H groups in total. The van der Waals surface area contributed by atoms with Gasteiger partial charge in [0.15, 0.2) is 0 Å². The Bertz CT molecular complexity index is 894. The van der Waals surface area contributed by atoms with E-state index in [2.05, 4.69) is 26.0 Å². The molecule has 0 radical (unpaired) electrons. The lowest BCUT2D eigenvalue weighted by Crippen LogP contribution is -2.61. The van der Waals surface area contributed by atoms with Gasteiger partial charge in [0.2, 0.25) is 5.91 Å². The number of benzene rings is 1. The van der Waals surface area contributed by atoms with Gasteiger partial charge in [0, 0.05) is 18.5 Å². The van der Waals surface area contributed by atoms with E-state index >= 15 is 0 Å². The van der Waals surface area contributed by atoms with Gasteiger partial charge in [-0.2, -0.15) is 5.10 Å². The highest BCUT2D eigenvalue weighted by atomic mass is 16.2. The first-order chi connectivity index (χ1) is 15.6. The molecule has 0 saturated heterocycles. The fourth-order valence-electron chi connectivity index (χ4n) is 6.54. The van der Waals surface area contributed by atoms with Crippen LogP contribution in [-0.4, -0.2) is 38.8 Å². The number of amides is 3. The maximum absolute atomic E-state index is 12.6. The van der Waals surface area contributed by atoms with Crippen molar-refractivity contribution in [1.82, 2.24) is 30.7 Å². The Morgan fingerprint density at radius 1 is 1.06 bits per heavy atom. The third kappa shape index (κ3) is 4.79. The summed E-state index contributed by atoms with van der Waals surface area (Å²) in [5, 5.41) is 13.4. The van der Waals surface area contributed by atoms with Crippen molar-refractivity contribution in [3.8, 4) is 0 Å². The second-order valence-corrected chi connectivity index (χ2v) is 9.98. The summed E-state index contributed by atoms with van der Waals surface area (Å²) in [4.78, 5) is 29.2. The van der Waals surface area contributed by atoms with Gasteiger partial charge >= 0.3 is 6.03 Å². The van der Waals surface area contributed by atoms with E-state index in [0.29, 0.717) is 13.1 Å². The molecule has 8 heteroatoms. The van der Waals surface area contributed by atoms with Crippen LogP contribution in [0.25, 0.3) is 0 Å². The minimum Gasteiger partial charge on any atom is -0.347 e. The summed E-state index contributed by atoms with van der Waals surface area (Å²) in [6, 6.07) is 9.47. The van der Waals surface area contributed by atoms with E-state index in [-0.39, 0.29) is 29.9 Å². The molecule has 0 aliphatic heterocycles. The molecule has 4 fully saturated rings. The molecule has 3 amide bonds. The van der Waals surface area contributed by atoms with Crippen molar-refractivity contribution >= 4 is 11.9 Å². The van der Waals surface area contributed by atoms with Crippen LogP contribution in [0, 0.1) is 17.8 Å². The summed E-state index contributed by atoms with van der Waals surface area (Å²) in [5.41, 5.74) is 0.987. The van der Waals surface area contributed by atoms with Crippen LogP contribution >= 0.6 is 0 Å². The van der Waals surface area contributed by atoms with Gasteiger partial charge in [0.05, 0.1) is 12.6 Å². The predicted molar refractivity (Wildman–Crippen MR) is 119 cm³/mol. The van der Waals surface area contributed by atoms with Crippen LogP contribution in [0.4, 0.5) is 4.79 Å². The SMILES string of the molecule is O=C(CCNC(=O)NC12CC3CC(CC(C3)C1)C2)NC(Cn1cncn1)c1ccccc1. The van der Waals surface area contributed by atoms with Crippen LogP contribution in [-0.2, 0) is 11.3 Å². The summed E-state index contributed by atoms with van der Waals surface area (Å²) < 4.78 is 1.70. The zero-order valence-corrected chi connectivity index (χ0v) is 18.4. The third-order valence-electron chi connectivity index (χ3n) is 7.43. The smallest absolute Gasteiger partial charge is 0.315 e.